The van der Waals surface area contributed by atoms with Crippen LogP contribution in [0.2, 0.25) is 5.15 Å². The fourth-order valence-electron chi connectivity index (χ4n) is 2.95. The smallest absolute Gasteiger partial charge is 0.310 e. The van der Waals surface area contributed by atoms with E-state index < -0.39 is 5.60 Å². The molecule has 0 aliphatic heterocycles. The first kappa shape index (κ1) is 12.0. The molecule has 3 atom stereocenters. The fourth-order valence-corrected chi connectivity index (χ4v) is 3.13. The molecule has 0 aromatic carbocycles. The first-order valence-electron chi connectivity index (χ1n) is 6.24. The third kappa shape index (κ3) is 1.91. The summed E-state index contributed by atoms with van der Waals surface area (Å²) in [6.45, 7) is 5.70. The van der Waals surface area contributed by atoms with Gasteiger partial charge in [0.15, 0.2) is 0 Å². The minimum absolute atomic E-state index is 0.0275. The Labute approximate surface area is 112 Å². The third-order valence-corrected chi connectivity index (χ3v) is 3.86. The molecule has 18 heavy (non-hydrogen) atoms. The van der Waals surface area contributed by atoms with Crippen molar-refractivity contribution in [2.24, 2.45) is 11.8 Å². The molecule has 1 saturated carbocycles. The number of halogens is 1. The van der Waals surface area contributed by atoms with Gasteiger partial charge in [-0.1, -0.05) is 11.6 Å². The van der Waals surface area contributed by atoms with E-state index in [-0.39, 0.29) is 11.9 Å². The number of ether oxygens (including phenoxy) is 1. The van der Waals surface area contributed by atoms with Crippen LogP contribution in [0.5, 0.6) is 0 Å². The number of hydrogen-bond donors (Lipinski definition) is 0. The van der Waals surface area contributed by atoms with Gasteiger partial charge in [-0.3, -0.25) is 4.79 Å². The number of pyridine rings is 1. The maximum absolute atomic E-state index is 12.0. The fraction of sp³-hybridized carbons (Fsp3) is 0.571. The van der Waals surface area contributed by atoms with E-state index in [9.17, 15) is 4.79 Å². The summed E-state index contributed by atoms with van der Waals surface area (Å²) in [4.78, 5) is 16.2. The summed E-state index contributed by atoms with van der Waals surface area (Å²) in [6.07, 6.45) is 2.73. The summed E-state index contributed by atoms with van der Waals surface area (Å²) in [6, 6.07) is 1.91. The number of aromatic nitrogens is 1. The van der Waals surface area contributed by atoms with Crippen LogP contribution in [0.4, 0.5) is 0 Å². The first-order chi connectivity index (χ1) is 8.37. The molecule has 0 radical (unpaired) electrons. The van der Waals surface area contributed by atoms with Crippen molar-refractivity contribution in [2.75, 3.05) is 0 Å². The van der Waals surface area contributed by atoms with Crippen LogP contribution in [0.25, 0.3) is 0 Å². The molecule has 0 spiro atoms. The SMILES string of the molecule is CC(C)(C)OC(=O)[C@H]1[C@@H]2Cc3cc(Cl)ncc3[C@@H]21. The van der Waals surface area contributed by atoms with Crippen LogP contribution < -0.4 is 0 Å². The maximum atomic E-state index is 12.0. The van der Waals surface area contributed by atoms with Crippen molar-refractivity contribution in [1.82, 2.24) is 4.98 Å². The number of esters is 1. The van der Waals surface area contributed by atoms with E-state index >= 15 is 0 Å². The van der Waals surface area contributed by atoms with Gasteiger partial charge in [0.1, 0.15) is 10.8 Å². The van der Waals surface area contributed by atoms with E-state index in [2.05, 4.69) is 4.98 Å². The van der Waals surface area contributed by atoms with Crippen LogP contribution in [-0.4, -0.2) is 16.6 Å². The van der Waals surface area contributed by atoms with Crippen LogP contribution in [0.15, 0.2) is 12.3 Å². The number of fused-ring (bicyclic) bond motifs is 3. The number of carbonyl (C=O) groups is 1. The first-order valence-corrected chi connectivity index (χ1v) is 6.62. The summed E-state index contributed by atoms with van der Waals surface area (Å²) in [5, 5.41) is 0.531. The van der Waals surface area contributed by atoms with Gasteiger partial charge in [0, 0.05) is 12.1 Å². The molecule has 4 heteroatoms. The van der Waals surface area contributed by atoms with E-state index in [0.717, 1.165) is 6.42 Å². The van der Waals surface area contributed by atoms with Crippen LogP contribution in [0.3, 0.4) is 0 Å². The zero-order chi connectivity index (χ0) is 13.1. The second-order valence-electron chi connectivity index (χ2n) is 6.16. The van der Waals surface area contributed by atoms with Gasteiger partial charge in [0.05, 0.1) is 5.92 Å². The van der Waals surface area contributed by atoms with Crippen LogP contribution in [-0.2, 0) is 16.0 Å². The van der Waals surface area contributed by atoms with Crippen LogP contribution in [0.1, 0.15) is 37.8 Å². The summed E-state index contributed by atoms with van der Waals surface area (Å²) < 4.78 is 5.45. The Balaban J connectivity index is 1.76. The van der Waals surface area contributed by atoms with Crippen molar-refractivity contribution < 1.29 is 9.53 Å². The molecule has 1 heterocycles. The molecule has 0 bridgehead atoms. The molecule has 1 aromatic heterocycles. The molecule has 1 fully saturated rings. The summed E-state index contributed by atoms with van der Waals surface area (Å²) in [5.74, 6) is 0.660. The van der Waals surface area contributed by atoms with Crippen LogP contribution in [0, 0.1) is 11.8 Å². The number of rotatable bonds is 1. The van der Waals surface area contributed by atoms with Gasteiger partial charge < -0.3 is 4.74 Å². The second-order valence-corrected chi connectivity index (χ2v) is 6.55. The highest BCUT2D eigenvalue weighted by Crippen LogP contribution is 2.61. The van der Waals surface area contributed by atoms with Gasteiger partial charge in [-0.05, 0) is 50.3 Å². The second kappa shape index (κ2) is 3.70. The Bertz CT molecular complexity index is 521. The lowest BCUT2D eigenvalue weighted by atomic mass is 10.0. The minimum atomic E-state index is -0.408. The monoisotopic (exact) mass is 265 g/mol. The van der Waals surface area contributed by atoms with Crippen molar-refractivity contribution in [3.8, 4) is 0 Å². The molecule has 0 unspecified atom stereocenters. The van der Waals surface area contributed by atoms with Crippen molar-refractivity contribution in [2.45, 2.75) is 38.7 Å². The molecule has 2 aliphatic carbocycles. The van der Waals surface area contributed by atoms with E-state index in [4.69, 9.17) is 16.3 Å². The highest BCUT2D eigenvalue weighted by atomic mass is 35.5. The number of carbonyl (C=O) groups excluding carboxylic acids is 1. The van der Waals surface area contributed by atoms with Gasteiger partial charge in [0.25, 0.3) is 0 Å². The zero-order valence-corrected chi connectivity index (χ0v) is 11.5. The lowest BCUT2D eigenvalue weighted by molar-refractivity contribution is -0.157. The van der Waals surface area contributed by atoms with Crippen molar-refractivity contribution >= 4 is 17.6 Å². The average Bonchev–Trinajstić information content (AvgIpc) is 2.80. The molecule has 0 N–H and O–H groups in total. The van der Waals surface area contributed by atoms with Gasteiger partial charge in [-0.25, -0.2) is 4.98 Å². The summed E-state index contributed by atoms with van der Waals surface area (Å²) in [5.41, 5.74) is 2.01. The van der Waals surface area contributed by atoms with E-state index in [0.29, 0.717) is 17.0 Å². The summed E-state index contributed by atoms with van der Waals surface area (Å²) >= 11 is 5.87. The number of hydrogen-bond acceptors (Lipinski definition) is 3. The maximum Gasteiger partial charge on any atom is 0.310 e. The van der Waals surface area contributed by atoms with Crippen molar-refractivity contribution in [1.29, 1.82) is 0 Å². The molecular formula is C14H16ClNO2. The molecule has 2 aliphatic rings. The van der Waals surface area contributed by atoms with Gasteiger partial charge in [-0.15, -0.1) is 0 Å². The lowest BCUT2D eigenvalue weighted by Gasteiger charge is -2.20. The molecule has 1 aromatic rings. The average molecular weight is 266 g/mol. The third-order valence-electron chi connectivity index (χ3n) is 3.65. The van der Waals surface area contributed by atoms with E-state index in [1.54, 1.807) is 0 Å². The van der Waals surface area contributed by atoms with Crippen molar-refractivity contribution in [3.63, 3.8) is 0 Å². The minimum Gasteiger partial charge on any atom is -0.460 e. The lowest BCUT2D eigenvalue weighted by Crippen LogP contribution is -2.26. The molecule has 0 saturated heterocycles. The molecule has 0 amide bonds. The van der Waals surface area contributed by atoms with Crippen LogP contribution >= 0.6 is 11.6 Å². The van der Waals surface area contributed by atoms with Gasteiger partial charge in [0.2, 0.25) is 0 Å². The topological polar surface area (TPSA) is 39.2 Å². The Hall–Kier alpha value is -1.09. The Morgan fingerprint density at radius 3 is 2.89 bits per heavy atom. The zero-order valence-electron chi connectivity index (χ0n) is 10.7. The van der Waals surface area contributed by atoms with Gasteiger partial charge >= 0.3 is 5.97 Å². The Morgan fingerprint density at radius 2 is 2.22 bits per heavy atom. The Morgan fingerprint density at radius 1 is 1.50 bits per heavy atom. The van der Waals surface area contributed by atoms with E-state index in [1.165, 1.54) is 11.1 Å². The van der Waals surface area contributed by atoms with Gasteiger partial charge in [-0.2, -0.15) is 0 Å². The highest BCUT2D eigenvalue weighted by molar-refractivity contribution is 6.29. The van der Waals surface area contributed by atoms with E-state index in [1.807, 2.05) is 33.0 Å². The number of nitrogens with zero attached hydrogens (tertiary/aromatic N) is 1. The largest absolute Gasteiger partial charge is 0.460 e. The summed E-state index contributed by atoms with van der Waals surface area (Å²) in [7, 11) is 0. The normalized spacial score (nSPS) is 28.6. The molecule has 3 rings (SSSR count). The predicted octanol–water partition coefficient (Wildman–Crippen LogP) is 2.96. The standard InChI is InChI=1S/C14H16ClNO2/c1-14(2,3)18-13(17)12-8-4-7-5-10(15)16-6-9(7)11(8)12/h5-6,8,11-12H,4H2,1-3H3/t8-,11-,12+/m1/s1. The predicted molar refractivity (Wildman–Crippen MR) is 68.5 cm³/mol. The highest BCUT2D eigenvalue weighted by Gasteiger charge is 2.60. The molecule has 3 nitrogen and oxygen atoms in total. The quantitative estimate of drug-likeness (QED) is 0.579. The molecule has 96 valence electrons. The Kier molecular flexibility index (Phi) is 2.46. The van der Waals surface area contributed by atoms with Crippen molar-refractivity contribution in [3.05, 3.63) is 28.5 Å². The molecular weight excluding hydrogens is 250 g/mol.